The van der Waals surface area contributed by atoms with Gasteiger partial charge in [0.15, 0.2) is 5.78 Å². The van der Waals surface area contributed by atoms with Gasteiger partial charge in [-0.2, -0.15) is 0 Å². The van der Waals surface area contributed by atoms with Crippen molar-refractivity contribution in [2.45, 2.75) is 6.42 Å². The first-order valence-electron chi connectivity index (χ1n) is 5.39. The van der Waals surface area contributed by atoms with E-state index in [0.717, 1.165) is 0 Å². The molecule has 0 bridgehead atoms. The quantitative estimate of drug-likeness (QED) is 0.589. The predicted octanol–water partition coefficient (Wildman–Crippen LogP) is 2.30. The van der Waals surface area contributed by atoms with Crippen molar-refractivity contribution >= 4 is 11.8 Å². The largest absolute Gasteiger partial charge is 0.458 e. The van der Waals surface area contributed by atoms with E-state index in [0.29, 0.717) is 17.6 Å². The molecule has 0 unspecified atom stereocenters. The Morgan fingerprint density at radius 2 is 2.06 bits per heavy atom. The number of esters is 1. The highest BCUT2D eigenvalue weighted by Crippen LogP contribution is 2.12. The minimum Gasteiger partial charge on any atom is -0.458 e. The van der Waals surface area contributed by atoms with Gasteiger partial charge in [0, 0.05) is 5.57 Å². The van der Waals surface area contributed by atoms with Crippen molar-refractivity contribution < 1.29 is 14.3 Å². The van der Waals surface area contributed by atoms with Crippen molar-refractivity contribution in [2.24, 2.45) is 0 Å². The van der Waals surface area contributed by atoms with Crippen LogP contribution in [0, 0.1) is 0 Å². The van der Waals surface area contributed by atoms with Crippen molar-refractivity contribution in [3.63, 3.8) is 0 Å². The van der Waals surface area contributed by atoms with E-state index in [1.165, 1.54) is 6.08 Å². The first kappa shape index (κ1) is 11.3. The van der Waals surface area contributed by atoms with E-state index in [-0.39, 0.29) is 18.4 Å². The zero-order valence-electron chi connectivity index (χ0n) is 9.26. The third-order valence-corrected chi connectivity index (χ3v) is 2.48. The van der Waals surface area contributed by atoms with Crippen LogP contribution in [0.3, 0.4) is 0 Å². The fourth-order valence-corrected chi connectivity index (χ4v) is 1.56. The maximum Gasteiger partial charge on any atom is 0.338 e. The Morgan fingerprint density at radius 1 is 1.29 bits per heavy atom. The summed E-state index contributed by atoms with van der Waals surface area (Å²) in [6.07, 6.45) is 5.61. The molecule has 0 aliphatic heterocycles. The zero-order valence-corrected chi connectivity index (χ0v) is 9.26. The number of ether oxygens (including phenoxy) is 1. The number of carbonyl (C=O) groups is 2. The van der Waals surface area contributed by atoms with Gasteiger partial charge in [-0.05, 0) is 30.7 Å². The van der Waals surface area contributed by atoms with Crippen LogP contribution in [-0.4, -0.2) is 18.4 Å². The maximum absolute atomic E-state index is 11.5. The van der Waals surface area contributed by atoms with Crippen molar-refractivity contribution in [3.05, 3.63) is 59.7 Å². The number of hydrogen-bond donors (Lipinski definition) is 0. The second-order valence-electron chi connectivity index (χ2n) is 3.66. The summed E-state index contributed by atoms with van der Waals surface area (Å²) in [5, 5.41) is 0. The number of benzene rings is 1. The molecule has 1 aromatic rings. The average Bonchev–Trinajstić information content (AvgIpc) is 2.76. The molecule has 0 radical (unpaired) electrons. The molecular weight excluding hydrogens is 216 g/mol. The van der Waals surface area contributed by atoms with Crippen molar-refractivity contribution in [1.82, 2.24) is 0 Å². The molecule has 1 aliphatic rings. The van der Waals surface area contributed by atoms with Gasteiger partial charge in [0.25, 0.3) is 0 Å². The summed E-state index contributed by atoms with van der Waals surface area (Å²) in [5.74, 6) is -0.374. The van der Waals surface area contributed by atoms with Crippen LogP contribution in [0.2, 0.25) is 0 Å². The zero-order chi connectivity index (χ0) is 12.1. The monoisotopic (exact) mass is 228 g/mol. The summed E-state index contributed by atoms with van der Waals surface area (Å²) in [6, 6.07) is 8.77. The number of allylic oxidation sites excluding steroid dienone is 3. The Balaban J connectivity index is 1.87. The fraction of sp³-hybridized carbons (Fsp3) is 0.143. The lowest BCUT2D eigenvalue weighted by Gasteiger charge is -2.02. The van der Waals surface area contributed by atoms with Gasteiger partial charge in [0.2, 0.25) is 0 Å². The molecule has 0 N–H and O–H groups in total. The van der Waals surface area contributed by atoms with E-state index in [9.17, 15) is 9.59 Å². The average molecular weight is 228 g/mol. The molecule has 0 spiro atoms. The number of ketones is 1. The summed E-state index contributed by atoms with van der Waals surface area (Å²) < 4.78 is 5.04. The highest BCUT2D eigenvalue weighted by Gasteiger charge is 2.10. The minimum atomic E-state index is -0.374. The maximum atomic E-state index is 11.5. The van der Waals surface area contributed by atoms with Gasteiger partial charge in [0.1, 0.15) is 6.61 Å². The lowest BCUT2D eigenvalue weighted by atomic mass is 10.2. The Bertz CT molecular complexity index is 483. The molecule has 3 nitrogen and oxygen atoms in total. The van der Waals surface area contributed by atoms with Crippen LogP contribution < -0.4 is 0 Å². The summed E-state index contributed by atoms with van der Waals surface area (Å²) in [5.41, 5.74) is 1.20. The van der Waals surface area contributed by atoms with Crippen LogP contribution in [-0.2, 0) is 9.53 Å². The van der Waals surface area contributed by atoms with E-state index in [2.05, 4.69) is 0 Å². The minimum absolute atomic E-state index is 0.000704. The highest BCUT2D eigenvalue weighted by molar-refractivity contribution is 6.06. The van der Waals surface area contributed by atoms with E-state index in [1.54, 1.807) is 36.4 Å². The third kappa shape index (κ3) is 2.91. The van der Waals surface area contributed by atoms with Crippen LogP contribution in [0.1, 0.15) is 16.8 Å². The molecule has 0 atom stereocenters. The van der Waals surface area contributed by atoms with Crippen LogP contribution >= 0.6 is 0 Å². The SMILES string of the molecule is O=C1C=CC/C1=C\COC(=O)c1ccccc1. The Kier molecular flexibility index (Phi) is 3.50. The van der Waals surface area contributed by atoms with Gasteiger partial charge in [-0.25, -0.2) is 4.79 Å². The Morgan fingerprint density at radius 3 is 2.71 bits per heavy atom. The summed E-state index contributed by atoms with van der Waals surface area (Å²) in [6.45, 7) is 0.135. The number of hydrogen-bond acceptors (Lipinski definition) is 3. The second kappa shape index (κ2) is 5.25. The summed E-state index contributed by atoms with van der Waals surface area (Å²) in [7, 11) is 0. The molecule has 86 valence electrons. The van der Waals surface area contributed by atoms with Gasteiger partial charge in [-0.1, -0.05) is 24.3 Å². The Labute approximate surface area is 99.4 Å². The van der Waals surface area contributed by atoms with E-state index in [1.807, 2.05) is 6.07 Å². The second-order valence-corrected chi connectivity index (χ2v) is 3.66. The summed E-state index contributed by atoms with van der Waals surface area (Å²) in [4.78, 5) is 22.8. The Hall–Kier alpha value is -2.16. The molecule has 3 heteroatoms. The van der Waals surface area contributed by atoms with Crippen molar-refractivity contribution in [1.29, 1.82) is 0 Å². The smallest absolute Gasteiger partial charge is 0.338 e. The van der Waals surface area contributed by atoms with Crippen LogP contribution in [0.25, 0.3) is 0 Å². The number of rotatable bonds is 3. The van der Waals surface area contributed by atoms with E-state index < -0.39 is 0 Å². The molecule has 2 rings (SSSR count). The predicted molar refractivity (Wildman–Crippen MR) is 63.6 cm³/mol. The highest BCUT2D eigenvalue weighted by atomic mass is 16.5. The number of carbonyl (C=O) groups excluding carboxylic acids is 2. The normalized spacial score (nSPS) is 16.5. The fourth-order valence-electron chi connectivity index (χ4n) is 1.56. The molecule has 1 aliphatic carbocycles. The molecular formula is C14H12O3. The molecule has 0 heterocycles. The van der Waals surface area contributed by atoms with Gasteiger partial charge < -0.3 is 4.74 Å². The molecule has 0 amide bonds. The van der Waals surface area contributed by atoms with Gasteiger partial charge in [0.05, 0.1) is 5.56 Å². The third-order valence-electron chi connectivity index (χ3n) is 2.48. The van der Waals surface area contributed by atoms with E-state index in [4.69, 9.17) is 4.74 Å². The van der Waals surface area contributed by atoms with Gasteiger partial charge >= 0.3 is 5.97 Å². The van der Waals surface area contributed by atoms with Crippen molar-refractivity contribution in [2.75, 3.05) is 6.61 Å². The molecule has 0 aromatic heterocycles. The molecule has 0 fully saturated rings. The first-order chi connectivity index (χ1) is 8.27. The standard InChI is InChI=1S/C14H12O3/c15-13-8-4-7-11(13)9-10-17-14(16)12-5-2-1-3-6-12/h1-6,8-9H,7,10H2/b11-9+. The van der Waals surface area contributed by atoms with E-state index >= 15 is 0 Å². The molecule has 17 heavy (non-hydrogen) atoms. The lowest BCUT2D eigenvalue weighted by molar-refractivity contribution is -0.111. The van der Waals surface area contributed by atoms with Gasteiger partial charge in [-0.3, -0.25) is 4.79 Å². The first-order valence-corrected chi connectivity index (χ1v) is 5.39. The molecule has 0 saturated carbocycles. The lowest BCUT2D eigenvalue weighted by Crippen LogP contribution is -2.05. The van der Waals surface area contributed by atoms with Gasteiger partial charge in [-0.15, -0.1) is 0 Å². The van der Waals surface area contributed by atoms with Crippen LogP contribution in [0.15, 0.2) is 54.1 Å². The topological polar surface area (TPSA) is 43.4 Å². The molecule has 0 saturated heterocycles. The summed E-state index contributed by atoms with van der Waals surface area (Å²) >= 11 is 0. The van der Waals surface area contributed by atoms with Crippen LogP contribution in [0.4, 0.5) is 0 Å². The molecule has 1 aromatic carbocycles. The van der Waals surface area contributed by atoms with Crippen molar-refractivity contribution in [3.8, 4) is 0 Å². The van der Waals surface area contributed by atoms with Crippen LogP contribution in [0.5, 0.6) is 0 Å².